The number of aryl methyl sites for hydroxylation is 1. The molecule has 1 aliphatic rings. The van der Waals surface area contributed by atoms with E-state index in [-0.39, 0.29) is 5.70 Å². The Balaban J connectivity index is 1.88. The Kier molecular flexibility index (Phi) is 3.53. The van der Waals surface area contributed by atoms with Gasteiger partial charge in [-0.15, -0.1) is 11.3 Å². The summed E-state index contributed by atoms with van der Waals surface area (Å²) in [4.78, 5) is 22.2. The first kappa shape index (κ1) is 13.5. The number of hydrogen-bond donors (Lipinski definition) is 0. The van der Waals surface area contributed by atoms with Gasteiger partial charge in [0.05, 0.1) is 12.0 Å². The molecule has 106 valence electrons. The van der Waals surface area contributed by atoms with E-state index in [1.807, 2.05) is 19.1 Å². The zero-order valence-corrected chi connectivity index (χ0v) is 12.3. The number of carbonyl (C=O) groups is 1. The van der Waals surface area contributed by atoms with Gasteiger partial charge in [0, 0.05) is 17.1 Å². The van der Waals surface area contributed by atoms with Crippen molar-refractivity contribution >= 4 is 29.3 Å². The van der Waals surface area contributed by atoms with Crippen LogP contribution in [-0.2, 0) is 9.53 Å². The SMILES string of the molecule is COc1ccc(/C=C2\N=C(c3ccc(C)s3)OC2=O)cn1. The molecular weight excluding hydrogens is 288 g/mol. The molecule has 0 saturated heterocycles. The second-order valence-electron chi connectivity index (χ2n) is 4.38. The van der Waals surface area contributed by atoms with Gasteiger partial charge in [-0.25, -0.2) is 14.8 Å². The van der Waals surface area contributed by atoms with Crippen LogP contribution >= 0.6 is 11.3 Å². The molecule has 2 aromatic rings. The lowest BCUT2D eigenvalue weighted by Crippen LogP contribution is -2.03. The summed E-state index contributed by atoms with van der Waals surface area (Å²) in [6.07, 6.45) is 3.25. The molecule has 0 aliphatic carbocycles. The van der Waals surface area contributed by atoms with Crippen LogP contribution in [0.4, 0.5) is 0 Å². The largest absolute Gasteiger partial charge is 0.481 e. The van der Waals surface area contributed by atoms with Crippen LogP contribution in [0.15, 0.2) is 41.2 Å². The van der Waals surface area contributed by atoms with E-state index < -0.39 is 5.97 Å². The Hall–Kier alpha value is -2.47. The van der Waals surface area contributed by atoms with Gasteiger partial charge >= 0.3 is 5.97 Å². The maximum Gasteiger partial charge on any atom is 0.363 e. The van der Waals surface area contributed by atoms with Crippen molar-refractivity contribution in [3.63, 3.8) is 0 Å². The van der Waals surface area contributed by atoms with Gasteiger partial charge in [-0.3, -0.25) is 0 Å². The van der Waals surface area contributed by atoms with Crippen molar-refractivity contribution in [1.29, 1.82) is 0 Å². The molecule has 3 heterocycles. The number of carbonyl (C=O) groups excluding carboxylic acids is 1. The minimum absolute atomic E-state index is 0.267. The average Bonchev–Trinajstić information content (AvgIpc) is 3.07. The van der Waals surface area contributed by atoms with Crippen molar-refractivity contribution in [2.45, 2.75) is 6.92 Å². The molecule has 5 nitrogen and oxygen atoms in total. The Morgan fingerprint density at radius 2 is 2.14 bits per heavy atom. The highest BCUT2D eigenvalue weighted by atomic mass is 32.1. The predicted molar refractivity (Wildman–Crippen MR) is 80.5 cm³/mol. The Labute approximate surface area is 125 Å². The van der Waals surface area contributed by atoms with E-state index in [9.17, 15) is 4.79 Å². The molecule has 2 aromatic heterocycles. The van der Waals surface area contributed by atoms with Gasteiger partial charge in [0.2, 0.25) is 11.8 Å². The van der Waals surface area contributed by atoms with Crippen LogP contribution in [0.2, 0.25) is 0 Å². The summed E-state index contributed by atoms with van der Waals surface area (Å²) < 4.78 is 10.2. The number of aliphatic imine (C=N–C) groups is 1. The molecule has 0 N–H and O–H groups in total. The van der Waals surface area contributed by atoms with Gasteiger partial charge in [-0.05, 0) is 36.8 Å². The number of aromatic nitrogens is 1. The number of pyridine rings is 1. The third-order valence-electron chi connectivity index (χ3n) is 2.84. The van der Waals surface area contributed by atoms with Gasteiger partial charge in [-0.1, -0.05) is 0 Å². The first-order valence-electron chi connectivity index (χ1n) is 6.25. The molecule has 3 rings (SSSR count). The zero-order valence-electron chi connectivity index (χ0n) is 11.5. The zero-order chi connectivity index (χ0) is 14.8. The maximum absolute atomic E-state index is 11.8. The molecular formula is C15H12N2O3S. The average molecular weight is 300 g/mol. The van der Waals surface area contributed by atoms with Gasteiger partial charge in [0.1, 0.15) is 0 Å². The number of cyclic esters (lactones) is 1. The van der Waals surface area contributed by atoms with Crippen molar-refractivity contribution in [2.24, 2.45) is 4.99 Å². The van der Waals surface area contributed by atoms with Crippen LogP contribution in [-0.4, -0.2) is 24.0 Å². The third-order valence-corrected chi connectivity index (χ3v) is 3.83. The molecule has 0 bridgehead atoms. The minimum atomic E-state index is -0.452. The smallest absolute Gasteiger partial charge is 0.363 e. The fourth-order valence-electron chi connectivity index (χ4n) is 1.82. The summed E-state index contributed by atoms with van der Waals surface area (Å²) in [6, 6.07) is 7.38. The van der Waals surface area contributed by atoms with Crippen LogP contribution in [0, 0.1) is 6.92 Å². The highest BCUT2D eigenvalue weighted by molar-refractivity contribution is 7.14. The van der Waals surface area contributed by atoms with Crippen LogP contribution < -0.4 is 4.74 Å². The highest BCUT2D eigenvalue weighted by Crippen LogP contribution is 2.23. The number of esters is 1. The molecule has 0 fully saturated rings. The summed E-state index contributed by atoms with van der Waals surface area (Å²) in [5, 5.41) is 0. The number of thiophene rings is 1. The number of methoxy groups -OCH3 is 1. The van der Waals surface area contributed by atoms with Crippen molar-refractivity contribution in [2.75, 3.05) is 7.11 Å². The summed E-state index contributed by atoms with van der Waals surface area (Å²) >= 11 is 1.54. The standard InChI is InChI=1S/C15H12N2O3S/c1-9-3-5-12(21-9)14-17-11(15(18)20-14)7-10-4-6-13(19-2)16-8-10/h3-8H,1-2H3/b11-7-. The van der Waals surface area contributed by atoms with E-state index in [1.165, 1.54) is 11.3 Å². The Morgan fingerprint density at radius 1 is 1.29 bits per heavy atom. The second-order valence-corrected chi connectivity index (χ2v) is 5.67. The highest BCUT2D eigenvalue weighted by Gasteiger charge is 2.24. The molecule has 0 radical (unpaired) electrons. The van der Waals surface area contributed by atoms with E-state index >= 15 is 0 Å². The van der Waals surface area contributed by atoms with Crippen molar-refractivity contribution < 1.29 is 14.3 Å². The van der Waals surface area contributed by atoms with Crippen LogP contribution in [0.5, 0.6) is 5.88 Å². The van der Waals surface area contributed by atoms with E-state index in [4.69, 9.17) is 9.47 Å². The van der Waals surface area contributed by atoms with Crippen molar-refractivity contribution in [1.82, 2.24) is 4.98 Å². The molecule has 0 spiro atoms. The molecule has 21 heavy (non-hydrogen) atoms. The van der Waals surface area contributed by atoms with Crippen LogP contribution in [0.25, 0.3) is 6.08 Å². The number of ether oxygens (including phenoxy) is 2. The first-order chi connectivity index (χ1) is 10.2. The molecule has 1 aliphatic heterocycles. The molecule has 0 unspecified atom stereocenters. The Morgan fingerprint density at radius 3 is 2.76 bits per heavy atom. The Bertz CT molecular complexity index is 745. The van der Waals surface area contributed by atoms with Gasteiger partial charge in [0.15, 0.2) is 5.70 Å². The lowest BCUT2D eigenvalue weighted by molar-refractivity contribution is -0.129. The maximum atomic E-state index is 11.8. The minimum Gasteiger partial charge on any atom is -0.481 e. The second kappa shape index (κ2) is 5.49. The fourth-order valence-corrected chi connectivity index (χ4v) is 2.61. The molecule has 0 saturated carbocycles. The number of rotatable bonds is 3. The number of nitrogens with zero attached hydrogens (tertiary/aromatic N) is 2. The topological polar surface area (TPSA) is 60.8 Å². The van der Waals surface area contributed by atoms with Crippen LogP contribution in [0.1, 0.15) is 15.3 Å². The summed E-state index contributed by atoms with van der Waals surface area (Å²) in [6.45, 7) is 1.99. The summed E-state index contributed by atoms with van der Waals surface area (Å²) in [5.74, 6) is 0.419. The van der Waals surface area contributed by atoms with Gasteiger partial charge in [-0.2, -0.15) is 0 Å². The van der Waals surface area contributed by atoms with Crippen molar-refractivity contribution in [3.8, 4) is 5.88 Å². The fraction of sp³-hybridized carbons (Fsp3) is 0.133. The van der Waals surface area contributed by atoms with Crippen molar-refractivity contribution in [3.05, 3.63) is 51.5 Å². The first-order valence-corrected chi connectivity index (χ1v) is 7.07. The summed E-state index contributed by atoms with van der Waals surface area (Å²) in [7, 11) is 1.55. The quantitative estimate of drug-likeness (QED) is 0.646. The van der Waals surface area contributed by atoms with Gasteiger partial charge < -0.3 is 9.47 Å². The molecule has 0 aromatic carbocycles. The lowest BCUT2D eigenvalue weighted by atomic mass is 10.2. The number of hydrogen-bond acceptors (Lipinski definition) is 6. The lowest BCUT2D eigenvalue weighted by Gasteiger charge is -1.97. The van der Waals surface area contributed by atoms with E-state index in [0.717, 1.165) is 15.3 Å². The van der Waals surface area contributed by atoms with Crippen LogP contribution in [0.3, 0.4) is 0 Å². The van der Waals surface area contributed by atoms with E-state index in [2.05, 4.69) is 9.98 Å². The predicted octanol–water partition coefficient (Wildman–Crippen LogP) is 2.80. The molecule has 0 atom stereocenters. The monoisotopic (exact) mass is 300 g/mol. The normalized spacial score (nSPS) is 16.0. The molecule has 6 heteroatoms. The van der Waals surface area contributed by atoms with E-state index in [0.29, 0.717) is 11.8 Å². The molecule has 0 amide bonds. The summed E-state index contributed by atoms with van der Waals surface area (Å²) in [5.41, 5.74) is 1.03. The third kappa shape index (κ3) is 2.85. The van der Waals surface area contributed by atoms with Gasteiger partial charge in [0.25, 0.3) is 0 Å². The van der Waals surface area contributed by atoms with E-state index in [1.54, 1.807) is 31.5 Å².